The average molecular weight is 252 g/mol. The molecule has 0 aliphatic heterocycles. The second kappa shape index (κ2) is 4.28. The van der Waals surface area contributed by atoms with Crippen molar-refractivity contribution in [2.75, 3.05) is 0 Å². The second-order valence-electron chi connectivity index (χ2n) is 4.81. The first-order valence-corrected chi connectivity index (χ1v) is 6.99. The highest BCUT2D eigenvalue weighted by Crippen LogP contribution is 2.30. The lowest BCUT2D eigenvalue weighted by molar-refractivity contribution is 0.569. The number of hydrogen-bond acceptors (Lipinski definition) is 4. The summed E-state index contributed by atoms with van der Waals surface area (Å²) in [6.07, 6.45) is 0. The van der Waals surface area contributed by atoms with Gasteiger partial charge in [-0.2, -0.15) is 0 Å². The second-order valence-corrected chi connectivity index (χ2v) is 6.68. The van der Waals surface area contributed by atoms with Crippen LogP contribution in [0.25, 0.3) is 0 Å². The van der Waals surface area contributed by atoms with E-state index in [0.717, 1.165) is 10.7 Å². The highest BCUT2D eigenvalue weighted by molar-refractivity contribution is 7.11. The molecule has 2 N–H and O–H groups in total. The first kappa shape index (κ1) is 11.8. The molecule has 4 heteroatoms. The predicted molar refractivity (Wildman–Crippen MR) is 71.2 cm³/mol. The number of nitrogens with two attached hydrogens (primary N) is 1. The largest absolute Gasteiger partial charge is 0.318 e. The van der Waals surface area contributed by atoms with Crippen molar-refractivity contribution in [2.45, 2.75) is 32.2 Å². The van der Waals surface area contributed by atoms with E-state index >= 15 is 0 Å². The molecule has 0 aliphatic carbocycles. The fraction of sp³-hybridized carbons (Fsp3) is 0.417. The molecule has 2 heterocycles. The minimum Gasteiger partial charge on any atom is -0.318 e. The summed E-state index contributed by atoms with van der Waals surface area (Å²) in [6.45, 7) is 6.51. The molecule has 16 heavy (non-hydrogen) atoms. The minimum absolute atomic E-state index is 0.0684. The Kier molecular flexibility index (Phi) is 3.15. The van der Waals surface area contributed by atoms with Crippen molar-refractivity contribution in [3.8, 4) is 0 Å². The van der Waals surface area contributed by atoms with Crippen LogP contribution in [0.5, 0.6) is 0 Å². The molecule has 0 radical (unpaired) electrons. The van der Waals surface area contributed by atoms with Crippen LogP contribution in [-0.2, 0) is 5.41 Å². The zero-order valence-corrected chi connectivity index (χ0v) is 11.4. The first-order chi connectivity index (χ1) is 7.48. The summed E-state index contributed by atoms with van der Waals surface area (Å²) in [4.78, 5) is 5.81. The fourth-order valence-electron chi connectivity index (χ4n) is 1.36. The topological polar surface area (TPSA) is 38.9 Å². The van der Waals surface area contributed by atoms with E-state index in [4.69, 9.17) is 5.73 Å². The Morgan fingerprint density at radius 2 is 2.06 bits per heavy atom. The summed E-state index contributed by atoms with van der Waals surface area (Å²) in [7, 11) is 0. The third kappa shape index (κ3) is 2.34. The van der Waals surface area contributed by atoms with Gasteiger partial charge in [0.25, 0.3) is 0 Å². The summed E-state index contributed by atoms with van der Waals surface area (Å²) in [5.74, 6) is 0. The first-order valence-electron chi connectivity index (χ1n) is 5.23. The van der Waals surface area contributed by atoms with Gasteiger partial charge in [-0.1, -0.05) is 26.8 Å². The molecular weight excluding hydrogens is 236 g/mol. The van der Waals surface area contributed by atoms with Crippen molar-refractivity contribution in [1.82, 2.24) is 4.98 Å². The predicted octanol–water partition coefficient (Wildman–Crippen LogP) is 3.55. The zero-order chi connectivity index (χ0) is 11.8. The summed E-state index contributed by atoms with van der Waals surface area (Å²) in [5.41, 5.74) is 7.40. The maximum atomic E-state index is 6.18. The van der Waals surface area contributed by atoms with Crippen LogP contribution in [0.2, 0.25) is 0 Å². The SMILES string of the molecule is CC(C)(C)c1csc(C(N)c2cccs2)n1. The van der Waals surface area contributed by atoms with Crippen molar-refractivity contribution in [1.29, 1.82) is 0 Å². The zero-order valence-electron chi connectivity index (χ0n) is 9.73. The monoisotopic (exact) mass is 252 g/mol. The van der Waals surface area contributed by atoms with E-state index in [9.17, 15) is 0 Å². The van der Waals surface area contributed by atoms with Gasteiger partial charge in [0, 0.05) is 15.7 Å². The lowest BCUT2D eigenvalue weighted by atomic mass is 9.93. The molecule has 0 amide bonds. The van der Waals surface area contributed by atoms with Crippen LogP contribution in [0.3, 0.4) is 0 Å². The van der Waals surface area contributed by atoms with E-state index in [1.165, 1.54) is 4.88 Å². The van der Waals surface area contributed by atoms with E-state index in [1.807, 2.05) is 11.4 Å². The van der Waals surface area contributed by atoms with Gasteiger partial charge in [-0.3, -0.25) is 0 Å². The van der Waals surface area contributed by atoms with Crippen molar-refractivity contribution in [3.63, 3.8) is 0 Å². The van der Waals surface area contributed by atoms with E-state index in [-0.39, 0.29) is 11.5 Å². The van der Waals surface area contributed by atoms with Crippen molar-refractivity contribution in [3.05, 3.63) is 38.5 Å². The number of aromatic nitrogens is 1. The number of nitrogens with zero attached hydrogens (tertiary/aromatic N) is 1. The molecule has 1 unspecified atom stereocenters. The number of thiazole rings is 1. The van der Waals surface area contributed by atoms with Gasteiger partial charge in [-0.25, -0.2) is 4.98 Å². The van der Waals surface area contributed by atoms with Crippen molar-refractivity contribution < 1.29 is 0 Å². The molecule has 0 bridgehead atoms. The Morgan fingerprint density at radius 3 is 2.56 bits per heavy atom. The number of thiophene rings is 1. The number of rotatable bonds is 2. The molecule has 0 saturated heterocycles. The highest BCUT2D eigenvalue weighted by Gasteiger charge is 2.20. The van der Waals surface area contributed by atoms with E-state index in [0.29, 0.717) is 0 Å². The smallest absolute Gasteiger partial charge is 0.115 e. The molecule has 1 atom stereocenters. The van der Waals surface area contributed by atoms with Gasteiger partial charge in [-0.05, 0) is 11.4 Å². The summed E-state index contributed by atoms with van der Waals surface area (Å²) in [6, 6.07) is 4.02. The maximum Gasteiger partial charge on any atom is 0.115 e. The van der Waals surface area contributed by atoms with Gasteiger partial charge in [0.1, 0.15) is 5.01 Å². The Morgan fingerprint density at radius 1 is 1.31 bits per heavy atom. The van der Waals surface area contributed by atoms with Gasteiger partial charge in [0.2, 0.25) is 0 Å². The fourth-order valence-corrected chi connectivity index (χ4v) is 3.23. The van der Waals surface area contributed by atoms with Crippen molar-refractivity contribution in [2.24, 2.45) is 5.73 Å². The Balaban J connectivity index is 2.26. The van der Waals surface area contributed by atoms with Crippen LogP contribution < -0.4 is 5.73 Å². The van der Waals surface area contributed by atoms with Gasteiger partial charge in [-0.15, -0.1) is 22.7 Å². The number of hydrogen-bond donors (Lipinski definition) is 1. The molecule has 0 fully saturated rings. The summed E-state index contributed by atoms with van der Waals surface area (Å²) < 4.78 is 0. The molecule has 0 spiro atoms. The lowest BCUT2D eigenvalue weighted by Gasteiger charge is -2.14. The Hall–Kier alpha value is -0.710. The van der Waals surface area contributed by atoms with E-state index in [1.54, 1.807) is 22.7 Å². The minimum atomic E-state index is -0.0684. The molecule has 2 aromatic heterocycles. The third-order valence-electron chi connectivity index (χ3n) is 2.41. The summed E-state index contributed by atoms with van der Waals surface area (Å²) >= 11 is 3.34. The van der Waals surface area contributed by atoms with Crippen LogP contribution >= 0.6 is 22.7 Å². The third-order valence-corrected chi connectivity index (χ3v) is 4.29. The highest BCUT2D eigenvalue weighted by atomic mass is 32.1. The molecule has 2 rings (SSSR count). The van der Waals surface area contributed by atoms with Crippen LogP contribution in [0.15, 0.2) is 22.9 Å². The molecular formula is C12H16N2S2. The van der Waals surface area contributed by atoms with Crippen LogP contribution in [0, 0.1) is 0 Å². The molecule has 0 aromatic carbocycles. The molecule has 2 aromatic rings. The van der Waals surface area contributed by atoms with Gasteiger partial charge < -0.3 is 5.73 Å². The Labute approximate surface area is 104 Å². The molecule has 2 nitrogen and oxygen atoms in total. The standard InChI is InChI=1S/C12H16N2S2/c1-12(2,3)9-7-16-11(14-9)10(13)8-5-4-6-15-8/h4-7,10H,13H2,1-3H3. The molecule has 86 valence electrons. The Bertz CT molecular complexity index is 452. The van der Waals surface area contributed by atoms with Crippen LogP contribution in [0.4, 0.5) is 0 Å². The molecule has 0 saturated carbocycles. The van der Waals surface area contributed by atoms with Crippen molar-refractivity contribution >= 4 is 22.7 Å². The molecule has 0 aliphatic rings. The van der Waals surface area contributed by atoms with Crippen LogP contribution in [-0.4, -0.2) is 4.98 Å². The average Bonchev–Trinajstić information content (AvgIpc) is 2.87. The quantitative estimate of drug-likeness (QED) is 0.887. The maximum absolute atomic E-state index is 6.18. The normalized spacial score (nSPS) is 14.0. The van der Waals surface area contributed by atoms with E-state index < -0.39 is 0 Å². The van der Waals surface area contributed by atoms with Crippen LogP contribution in [0.1, 0.15) is 42.4 Å². The van der Waals surface area contributed by atoms with Gasteiger partial charge >= 0.3 is 0 Å². The van der Waals surface area contributed by atoms with E-state index in [2.05, 4.69) is 37.2 Å². The lowest BCUT2D eigenvalue weighted by Crippen LogP contribution is -2.14. The summed E-state index contributed by atoms with van der Waals surface area (Å²) in [5, 5.41) is 5.17. The van der Waals surface area contributed by atoms with Gasteiger partial charge in [0.15, 0.2) is 0 Å². The van der Waals surface area contributed by atoms with Gasteiger partial charge in [0.05, 0.1) is 11.7 Å².